The van der Waals surface area contributed by atoms with E-state index in [1.807, 2.05) is 0 Å². The van der Waals surface area contributed by atoms with Crippen LogP contribution in [0.4, 0.5) is 0 Å². The summed E-state index contributed by atoms with van der Waals surface area (Å²) in [5, 5.41) is 7.72. The van der Waals surface area contributed by atoms with Crippen molar-refractivity contribution in [3.8, 4) is 0 Å². The quantitative estimate of drug-likeness (QED) is 0.773. The first kappa shape index (κ1) is 13.7. The van der Waals surface area contributed by atoms with Crippen molar-refractivity contribution in [2.75, 3.05) is 5.75 Å². The molecule has 0 saturated carbocycles. The maximum Gasteiger partial charge on any atom is 0.304 e. The Morgan fingerprint density at radius 3 is 2.76 bits per heavy atom. The Kier molecular flexibility index (Phi) is 4.68. The Morgan fingerprint density at radius 2 is 2.24 bits per heavy atom. The minimum atomic E-state index is -3.32. The van der Waals surface area contributed by atoms with Gasteiger partial charge < -0.3 is 9.67 Å². The third kappa shape index (κ3) is 4.56. The molecule has 1 aromatic heterocycles. The Hall–Kier alpha value is -1.37. The normalized spacial score (nSPS) is 13.5. The van der Waals surface area contributed by atoms with Crippen LogP contribution in [0.5, 0.6) is 0 Å². The highest BCUT2D eigenvalue weighted by Gasteiger charge is 2.22. The number of sulfone groups is 1. The summed E-state index contributed by atoms with van der Waals surface area (Å²) in [6.07, 6.45) is 5.12. The number of aliphatic carboxylic acids is 1. The van der Waals surface area contributed by atoms with Gasteiger partial charge in [-0.05, 0) is 13.3 Å². The standard InChI is InChI=1S/C10H16N2O4S/c1-9(7-10(13)14)17(15,16)6-2-4-12-5-3-11-8-12/h3,5,8-9H,2,4,6-7H2,1H3,(H,13,14). The number of nitrogens with zero attached hydrogens (tertiary/aromatic N) is 2. The zero-order valence-electron chi connectivity index (χ0n) is 9.61. The molecular formula is C10H16N2O4S. The average Bonchev–Trinajstić information content (AvgIpc) is 2.69. The fourth-order valence-corrected chi connectivity index (χ4v) is 2.77. The van der Waals surface area contributed by atoms with E-state index in [4.69, 9.17) is 5.11 Å². The lowest BCUT2D eigenvalue weighted by molar-refractivity contribution is -0.136. The molecule has 0 radical (unpaired) electrons. The van der Waals surface area contributed by atoms with Crippen LogP contribution < -0.4 is 0 Å². The van der Waals surface area contributed by atoms with Crippen LogP contribution in [0.2, 0.25) is 0 Å². The van der Waals surface area contributed by atoms with Gasteiger partial charge in [-0.25, -0.2) is 13.4 Å². The predicted octanol–water partition coefficient (Wildman–Crippen LogP) is 0.551. The number of aromatic nitrogens is 2. The maximum atomic E-state index is 11.7. The van der Waals surface area contributed by atoms with Gasteiger partial charge in [0.2, 0.25) is 0 Å². The first-order valence-corrected chi connectivity index (χ1v) is 7.02. The number of carbonyl (C=O) groups is 1. The Bertz CT molecular complexity index is 453. The van der Waals surface area contributed by atoms with Crippen molar-refractivity contribution in [1.82, 2.24) is 9.55 Å². The molecule has 0 aliphatic carbocycles. The van der Waals surface area contributed by atoms with Gasteiger partial charge in [0.25, 0.3) is 0 Å². The summed E-state index contributed by atoms with van der Waals surface area (Å²) in [6, 6.07) is 0. The van der Waals surface area contributed by atoms with E-state index >= 15 is 0 Å². The van der Waals surface area contributed by atoms with Gasteiger partial charge in [-0.3, -0.25) is 4.79 Å². The van der Waals surface area contributed by atoms with Crippen molar-refractivity contribution in [2.45, 2.75) is 31.6 Å². The Labute approximate surface area is 100 Å². The van der Waals surface area contributed by atoms with E-state index in [1.54, 1.807) is 23.3 Å². The second kappa shape index (κ2) is 5.81. The first-order valence-electron chi connectivity index (χ1n) is 5.31. The molecule has 0 aromatic carbocycles. The number of carboxylic acids is 1. The van der Waals surface area contributed by atoms with Crippen LogP contribution in [0.1, 0.15) is 19.8 Å². The van der Waals surface area contributed by atoms with Crippen LogP contribution in [-0.4, -0.2) is 40.0 Å². The van der Waals surface area contributed by atoms with Crippen molar-refractivity contribution in [1.29, 1.82) is 0 Å². The number of imidazole rings is 1. The van der Waals surface area contributed by atoms with Gasteiger partial charge in [0.05, 0.1) is 23.8 Å². The van der Waals surface area contributed by atoms with Crippen molar-refractivity contribution in [2.24, 2.45) is 0 Å². The van der Waals surface area contributed by atoms with Crippen LogP contribution in [0, 0.1) is 0 Å². The molecular weight excluding hydrogens is 244 g/mol. The molecule has 1 atom stereocenters. The zero-order chi connectivity index (χ0) is 12.9. The van der Waals surface area contributed by atoms with Crippen molar-refractivity contribution < 1.29 is 18.3 Å². The Balaban J connectivity index is 2.41. The summed E-state index contributed by atoms with van der Waals surface area (Å²) in [5.74, 6) is -1.09. The molecule has 7 heteroatoms. The lowest BCUT2D eigenvalue weighted by atomic mass is 10.3. The van der Waals surface area contributed by atoms with Crippen molar-refractivity contribution >= 4 is 15.8 Å². The van der Waals surface area contributed by atoms with E-state index in [2.05, 4.69) is 4.98 Å². The number of aryl methyl sites for hydroxylation is 1. The molecule has 0 aliphatic heterocycles. The molecule has 0 aliphatic rings. The maximum absolute atomic E-state index is 11.7. The molecule has 0 bridgehead atoms. The number of carboxylic acid groups (broad SMARTS) is 1. The van der Waals surface area contributed by atoms with E-state index in [0.29, 0.717) is 13.0 Å². The summed E-state index contributed by atoms with van der Waals surface area (Å²) < 4.78 is 25.2. The topological polar surface area (TPSA) is 89.3 Å². The summed E-state index contributed by atoms with van der Waals surface area (Å²) in [7, 11) is -3.32. The monoisotopic (exact) mass is 260 g/mol. The molecule has 0 spiro atoms. The van der Waals surface area contributed by atoms with E-state index in [9.17, 15) is 13.2 Å². The molecule has 17 heavy (non-hydrogen) atoms. The summed E-state index contributed by atoms with van der Waals surface area (Å²) >= 11 is 0. The number of hydrogen-bond acceptors (Lipinski definition) is 4. The van der Waals surface area contributed by atoms with Crippen molar-refractivity contribution in [3.05, 3.63) is 18.7 Å². The molecule has 1 rings (SSSR count). The van der Waals surface area contributed by atoms with E-state index in [1.165, 1.54) is 6.92 Å². The van der Waals surface area contributed by atoms with Gasteiger partial charge >= 0.3 is 5.97 Å². The fraction of sp³-hybridized carbons (Fsp3) is 0.600. The molecule has 1 aromatic rings. The lowest BCUT2D eigenvalue weighted by Gasteiger charge is -2.10. The summed E-state index contributed by atoms with van der Waals surface area (Å²) in [4.78, 5) is 14.3. The lowest BCUT2D eigenvalue weighted by Crippen LogP contribution is -2.24. The van der Waals surface area contributed by atoms with E-state index in [-0.39, 0.29) is 12.2 Å². The SMILES string of the molecule is CC(CC(=O)O)S(=O)(=O)CCCn1ccnc1. The highest BCUT2D eigenvalue weighted by atomic mass is 32.2. The highest BCUT2D eigenvalue weighted by Crippen LogP contribution is 2.08. The third-order valence-corrected chi connectivity index (χ3v) is 4.73. The largest absolute Gasteiger partial charge is 0.481 e. The number of rotatable bonds is 7. The minimum Gasteiger partial charge on any atom is -0.481 e. The highest BCUT2D eigenvalue weighted by molar-refractivity contribution is 7.92. The van der Waals surface area contributed by atoms with Gasteiger partial charge in [0.15, 0.2) is 9.84 Å². The fourth-order valence-electron chi connectivity index (χ4n) is 1.44. The third-order valence-electron chi connectivity index (χ3n) is 2.48. The van der Waals surface area contributed by atoms with Gasteiger partial charge in [-0.1, -0.05) is 0 Å². The minimum absolute atomic E-state index is 0.000370. The van der Waals surface area contributed by atoms with Crippen LogP contribution in [0.15, 0.2) is 18.7 Å². The molecule has 0 fully saturated rings. The van der Waals surface area contributed by atoms with Gasteiger partial charge in [0.1, 0.15) is 0 Å². The average molecular weight is 260 g/mol. The second-order valence-electron chi connectivity index (χ2n) is 3.93. The Morgan fingerprint density at radius 1 is 1.53 bits per heavy atom. The smallest absolute Gasteiger partial charge is 0.304 e. The van der Waals surface area contributed by atoms with Gasteiger partial charge in [-0.15, -0.1) is 0 Å². The molecule has 96 valence electrons. The summed E-state index contributed by atoms with van der Waals surface area (Å²) in [5.41, 5.74) is 0. The predicted molar refractivity (Wildman–Crippen MR) is 62.3 cm³/mol. The zero-order valence-corrected chi connectivity index (χ0v) is 10.4. The number of hydrogen-bond donors (Lipinski definition) is 1. The van der Waals surface area contributed by atoms with Gasteiger partial charge in [0, 0.05) is 18.9 Å². The van der Waals surface area contributed by atoms with Crippen LogP contribution in [0.25, 0.3) is 0 Å². The molecule has 0 amide bonds. The second-order valence-corrected chi connectivity index (χ2v) is 6.47. The van der Waals surface area contributed by atoms with Crippen LogP contribution in [0.3, 0.4) is 0 Å². The van der Waals surface area contributed by atoms with Crippen LogP contribution in [-0.2, 0) is 21.2 Å². The first-order chi connectivity index (χ1) is 7.92. The van der Waals surface area contributed by atoms with E-state index < -0.39 is 21.1 Å². The molecule has 6 nitrogen and oxygen atoms in total. The van der Waals surface area contributed by atoms with E-state index in [0.717, 1.165) is 0 Å². The molecule has 0 saturated heterocycles. The molecule has 1 N–H and O–H groups in total. The van der Waals surface area contributed by atoms with Gasteiger partial charge in [-0.2, -0.15) is 0 Å². The molecule has 1 unspecified atom stereocenters. The van der Waals surface area contributed by atoms with Crippen LogP contribution >= 0.6 is 0 Å². The molecule has 1 heterocycles. The summed E-state index contributed by atoms with van der Waals surface area (Å²) in [6.45, 7) is 2.00. The van der Waals surface area contributed by atoms with Crippen molar-refractivity contribution in [3.63, 3.8) is 0 Å².